The summed E-state index contributed by atoms with van der Waals surface area (Å²) in [7, 11) is 1.61. The smallest absolute Gasteiger partial charge is 0.231 e. The molecule has 0 N–H and O–H groups in total. The van der Waals surface area contributed by atoms with Gasteiger partial charge in [0.2, 0.25) is 11.7 Å². The number of nitrogens with zero attached hydrogens (tertiary/aromatic N) is 3. The van der Waals surface area contributed by atoms with Gasteiger partial charge in [0.05, 0.1) is 17.9 Å². The number of hydrogen-bond donors (Lipinski definition) is 0. The fourth-order valence-corrected chi connectivity index (χ4v) is 2.04. The van der Waals surface area contributed by atoms with Gasteiger partial charge >= 0.3 is 0 Å². The van der Waals surface area contributed by atoms with Crippen molar-refractivity contribution in [2.24, 2.45) is 11.3 Å². The van der Waals surface area contributed by atoms with Gasteiger partial charge in [0.1, 0.15) is 5.60 Å². The van der Waals surface area contributed by atoms with Crippen LogP contribution in [-0.2, 0) is 10.3 Å². The summed E-state index contributed by atoms with van der Waals surface area (Å²) >= 11 is 0. The molecule has 2 unspecified atom stereocenters. The molecule has 5 heteroatoms. The highest BCUT2D eigenvalue weighted by Crippen LogP contribution is 2.63. The molecule has 92 valence electrons. The van der Waals surface area contributed by atoms with Gasteiger partial charge in [-0.25, -0.2) is 0 Å². The summed E-state index contributed by atoms with van der Waals surface area (Å²) in [4.78, 5) is 4.35. The van der Waals surface area contributed by atoms with Crippen LogP contribution in [0.4, 0.5) is 0 Å². The van der Waals surface area contributed by atoms with Crippen LogP contribution in [0.15, 0.2) is 4.52 Å². The van der Waals surface area contributed by atoms with Crippen LogP contribution in [0.1, 0.15) is 45.3 Å². The van der Waals surface area contributed by atoms with Crippen molar-refractivity contribution in [1.82, 2.24) is 10.1 Å². The zero-order chi connectivity index (χ0) is 12.8. The molecule has 1 fully saturated rings. The number of hydrogen-bond acceptors (Lipinski definition) is 5. The van der Waals surface area contributed by atoms with Crippen LogP contribution in [-0.4, -0.2) is 17.3 Å². The van der Waals surface area contributed by atoms with E-state index in [-0.39, 0.29) is 17.3 Å². The molecule has 5 nitrogen and oxygen atoms in total. The summed E-state index contributed by atoms with van der Waals surface area (Å²) in [5.74, 6) is 1.07. The zero-order valence-electron chi connectivity index (χ0n) is 10.8. The molecule has 1 aromatic heterocycles. The number of methoxy groups -OCH3 is 1. The van der Waals surface area contributed by atoms with Crippen LogP contribution < -0.4 is 0 Å². The molecule has 1 aliphatic rings. The van der Waals surface area contributed by atoms with Crippen molar-refractivity contribution in [2.75, 3.05) is 7.11 Å². The minimum absolute atomic E-state index is 0.0403. The van der Waals surface area contributed by atoms with Crippen molar-refractivity contribution in [3.8, 4) is 6.07 Å². The van der Waals surface area contributed by atoms with Crippen LogP contribution in [0.3, 0.4) is 0 Å². The van der Waals surface area contributed by atoms with E-state index in [0.717, 1.165) is 0 Å². The van der Waals surface area contributed by atoms with Crippen molar-refractivity contribution in [2.45, 2.75) is 39.2 Å². The average Bonchev–Trinajstić information content (AvgIpc) is 2.68. The summed E-state index contributed by atoms with van der Waals surface area (Å²) in [6.45, 7) is 7.83. The molecule has 0 aromatic carbocycles. The van der Waals surface area contributed by atoms with Gasteiger partial charge in [-0.2, -0.15) is 10.2 Å². The second kappa shape index (κ2) is 3.54. The van der Waals surface area contributed by atoms with Crippen LogP contribution >= 0.6 is 0 Å². The van der Waals surface area contributed by atoms with Crippen LogP contribution in [0, 0.1) is 22.7 Å². The van der Waals surface area contributed by atoms with Gasteiger partial charge in [-0.15, -0.1) is 0 Å². The van der Waals surface area contributed by atoms with Gasteiger partial charge in [0.25, 0.3) is 0 Å². The van der Waals surface area contributed by atoms with E-state index in [9.17, 15) is 0 Å². The lowest BCUT2D eigenvalue weighted by Gasteiger charge is -2.17. The lowest BCUT2D eigenvalue weighted by Crippen LogP contribution is -2.21. The van der Waals surface area contributed by atoms with Gasteiger partial charge in [0.15, 0.2) is 0 Å². The number of ether oxygens (including phenoxy) is 1. The van der Waals surface area contributed by atoms with E-state index in [1.807, 2.05) is 27.7 Å². The Morgan fingerprint density at radius 3 is 2.59 bits per heavy atom. The fourth-order valence-electron chi connectivity index (χ4n) is 2.04. The second-order valence-electron chi connectivity index (χ2n) is 5.58. The monoisotopic (exact) mass is 235 g/mol. The molecule has 0 spiro atoms. The highest BCUT2D eigenvalue weighted by Gasteiger charge is 2.62. The van der Waals surface area contributed by atoms with Gasteiger partial charge in [0, 0.05) is 7.11 Å². The summed E-state index contributed by atoms with van der Waals surface area (Å²) in [5.41, 5.74) is -0.640. The maximum atomic E-state index is 9.02. The zero-order valence-corrected chi connectivity index (χ0v) is 10.8. The van der Waals surface area contributed by atoms with E-state index in [0.29, 0.717) is 11.7 Å². The minimum atomic E-state index is -0.567. The minimum Gasteiger partial charge on any atom is -0.371 e. The summed E-state index contributed by atoms with van der Waals surface area (Å²) in [6.07, 6.45) is 0. The Morgan fingerprint density at radius 1 is 1.47 bits per heavy atom. The average molecular weight is 235 g/mol. The van der Waals surface area contributed by atoms with Gasteiger partial charge in [-0.3, -0.25) is 0 Å². The van der Waals surface area contributed by atoms with Crippen molar-refractivity contribution in [3.05, 3.63) is 11.7 Å². The first-order chi connectivity index (χ1) is 7.84. The Hall–Kier alpha value is -1.41. The third-order valence-electron chi connectivity index (χ3n) is 3.72. The molecular weight excluding hydrogens is 218 g/mol. The third kappa shape index (κ3) is 1.73. The van der Waals surface area contributed by atoms with Crippen LogP contribution in [0.2, 0.25) is 0 Å². The normalized spacial score (nSPS) is 26.6. The van der Waals surface area contributed by atoms with Gasteiger partial charge in [-0.05, 0) is 19.3 Å². The van der Waals surface area contributed by atoms with Gasteiger partial charge in [-0.1, -0.05) is 19.0 Å². The highest BCUT2D eigenvalue weighted by molar-refractivity contribution is 5.26. The molecule has 2 rings (SSSR count). The van der Waals surface area contributed by atoms with E-state index < -0.39 is 5.60 Å². The topological polar surface area (TPSA) is 71.9 Å². The molecule has 1 saturated carbocycles. The first-order valence-electron chi connectivity index (χ1n) is 5.63. The Kier molecular flexibility index (Phi) is 2.51. The largest absolute Gasteiger partial charge is 0.371 e. The third-order valence-corrected chi connectivity index (χ3v) is 3.72. The molecule has 1 heterocycles. The summed E-state index contributed by atoms with van der Waals surface area (Å²) in [5, 5.41) is 13.0. The Labute approximate surface area is 101 Å². The molecule has 0 aliphatic heterocycles. The molecule has 1 aliphatic carbocycles. The quantitative estimate of drug-likeness (QED) is 0.803. The highest BCUT2D eigenvalue weighted by atomic mass is 16.5. The maximum Gasteiger partial charge on any atom is 0.231 e. The predicted molar refractivity (Wildman–Crippen MR) is 60.0 cm³/mol. The van der Waals surface area contributed by atoms with Crippen LogP contribution in [0.5, 0.6) is 0 Å². The standard InChI is InChI=1S/C12H17N3O2/c1-11(2)7(6-13)8(11)9-14-10(15-17-9)12(3,4)16-5/h7-8H,1-5H3. The lowest BCUT2D eigenvalue weighted by atomic mass is 10.1. The molecule has 2 atom stereocenters. The summed E-state index contributed by atoms with van der Waals surface area (Å²) in [6, 6.07) is 2.28. The van der Waals surface area contributed by atoms with Crippen molar-refractivity contribution < 1.29 is 9.26 Å². The number of rotatable bonds is 3. The SMILES string of the molecule is COC(C)(C)c1noc(C2C(C#N)C2(C)C)n1. The molecule has 17 heavy (non-hydrogen) atoms. The Bertz CT molecular complexity index is 470. The Morgan fingerprint density at radius 2 is 2.12 bits per heavy atom. The lowest BCUT2D eigenvalue weighted by molar-refractivity contribution is 0.00973. The first-order valence-corrected chi connectivity index (χ1v) is 5.63. The van der Waals surface area contributed by atoms with E-state index >= 15 is 0 Å². The van der Waals surface area contributed by atoms with Crippen molar-refractivity contribution >= 4 is 0 Å². The van der Waals surface area contributed by atoms with E-state index in [1.54, 1.807) is 7.11 Å². The molecule has 0 amide bonds. The molecule has 0 bridgehead atoms. The predicted octanol–water partition coefficient (Wildman–Crippen LogP) is 2.21. The van der Waals surface area contributed by atoms with E-state index in [2.05, 4.69) is 16.2 Å². The summed E-state index contributed by atoms with van der Waals surface area (Å²) < 4.78 is 10.5. The van der Waals surface area contributed by atoms with Crippen molar-refractivity contribution in [1.29, 1.82) is 5.26 Å². The van der Waals surface area contributed by atoms with E-state index in [1.165, 1.54) is 0 Å². The van der Waals surface area contributed by atoms with Gasteiger partial charge < -0.3 is 9.26 Å². The fraction of sp³-hybridized carbons (Fsp3) is 0.750. The first kappa shape index (κ1) is 12.1. The maximum absolute atomic E-state index is 9.02. The molecule has 0 saturated heterocycles. The Balaban J connectivity index is 2.25. The second-order valence-corrected chi connectivity index (χ2v) is 5.58. The molecule has 1 aromatic rings. The number of aromatic nitrogens is 2. The van der Waals surface area contributed by atoms with Crippen molar-refractivity contribution in [3.63, 3.8) is 0 Å². The molecule has 0 radical (unpaired) electrons. The molecular formula is C12H17N3O2. The van der Waals surface area contributed by atoms with E-state index in [4.69, 9.17) is 14.5 Å². The van der Waals surface area contributed by atoms with Crippen LogP contribution in [0.25, 0.3) is 0 Å². The number of nitriles is 1.